The standard InChI is InChI=1S/C8H8FNO3.C8H10FNO/c1-2-13-6-3-4-7(9)8(5-6)10(11)12;1-2-11-6-3-4-7(9)8(10)5-6/h3-5H,2H2,1H3;3-5H,2,10H2,1H3. The number of ether oxygens (including phenoxy) is 2. The van der Waals surface area contributed by atoms with E-state index in [-0.39, 0.29) is 5.69 Å². The zero-order chi connectivity index (χ0) is 18.1. The van der Waals surface area contributed by atoms with Crippen LogP contribution in [-0.4, -0.2) is 18.1 Å². The van der Waals surface area contributed by atoms with Gasteiger partial charge in [0.1, 0.15) is 17.3 Å². The van der Waals surface area contributed by atoms with Crippen LogP contribution in [0.4, 0.5) is 20.2 Å². The van der Waals surface area contributed by atoms with Crippen molar-refractivity contribution in [3.63, 3.8) is 0 Å². The third-order valence-corrected chi connectivity index (χ3v) is 2.70. The molecule has 0 radical (unpaired) electrons. The van der Waals surface area contributed by atoms with Gasteiger partial charge in [0.15, 0.2) is 0 Å². The molecule has 130 valence electrons. The Hall–Kier alpha value is -2.90. The molecule has 0 spiro atoms. The minimum atomic E-state index is -0.853. The van der Waals surface area contributed by atoms with E-state index < -0.39 is 22.2 Å². The maximum Gasteiger partial charge on any atom is 0.308 e. The number of nitrogen functional groups attached to an aromatic ring is 1. The number of nitro groups is 1. The molecule has 8 heteroatoms. The van der Waals surface area contributed by atoms with Crippen molar-refractivity contribution in [3.05, 3.63) is 58.1 Å². The van der Waals surface area contributed by atoms with Crippen LogP contribution in [0.1, 0.15) is 13.8 Å². The summed E-state index contributed by atoms with van der Waals surface area (Å²) in [5.74, 6) is -0.357. The Kier molecular flexibility index (Phi) is 7.41. The van der Waals surface area contributed by atoms with Gasteiger partial charge in [-0.15, -0.1) is 0 Å². The van der Waals surface area contributed by atoms with E-state index in [1.807, 2.05) is 6.92 Å². The summed E-state index contributed by atoms with van der Waals surface area (Å²) in [4.78, 5) is 9.51. The summed E-state index contributed by atoms with van der Waals surface area (Å²) in [6.45, 7) is 4.56. The van der Waals surface area contributed by atoms with Crippen LogP contribution < -0.4 is 15.2 Å². The predicted octanol–water partition coefficient (Wildman–Crippen LogP) is 3.94. The van der Waals surface area contributed by atoms with E-state index in [0.29, 0.717) is 24.7 Å². The van der Waals surface area contributed by atoms with E-state index in [4.69, 9.17) is 15.2 Å². The summed E-state index contributed by atoms with van der Waals surface area (Å²) < 4.78 is 35.4. The van der Waals surface area contributed by atoms with Gasteiger partial charge in [-0.25, -0.2) is 4.39 Å². The summed E-state index contributed by atoms with van der Waals surface area (Å²) in [5.41, 5.74) is 4.85. The van der Waals surface area contributed by atoms with Gasteiger partial charge in [-0.05, 0) is 38.1 Å². The Morgan fingerprint density at radius 2 is 1.50 bits per heavy atom. The number of hydrogen-bond acceptors (Lipinski definition) is 5. The summed E-state index contributed by atoms with van der Waals surface area (Å²) in [6, 6.07) is 7.75. The van der Waals surface area contributed by atoms with E-state index in [0.717, 1.165) is 12.1 Å². The maximum atomic E-state index is 12.8. The van der Waals surface area contributed by atoms with Crippen molar-refractivity contribution in [2.24, 2.45) is 0 Å². The second-order valence-corrected chi connectivity index (χ2v) is 4.42. The average molecular weight is 340 g/mol. The lowest BCUT2D eigenvalue weighted by molar-refractivity contribution is -0.387. The van der Waals surface area contributed by atoms with Crippen molar-refractivity contribution in [1.82, 2.24) is 0 Å². The summed E-state index contributed by atoms with van der Waals surface area (Å²) >= 11 is 0. The molecule has 0 atom stereocenters. The number of nitrogens with zero attached hydrogens (tertiary/aromatic N) is 1. The van der Waals surface area contributed by atoms with Crippen LogP contribution in [0, 0.1) is 21.7 Å². The Morgan fingerprint density at radius 1 is 1.00 bits per heavy atom. The topological polar surface area (TPSA) is 87.6 Å². The van der Waals surface area contributed by atoms with Gasteiger partial charge in [-0.1, -0.05) is 0 Å². The average Bonchev–Trinajstić information content (AvgIpc) is 2.54. The SMILES string of the molecule is CCOc1ccc(F)c(N)c1.CCOc1ccc(F)c([N+](=O)[O-])c1. The first kappa shape index (κ1) is 19.1. The molecule has 0 saturated carbocycles. The van der Waals surface area contributed by atoms with E-state index in [1.54, 1.807) is 13.0 Å². The van der Waals surface area contributed by atoms with Crippen molar-refractivity contribution in [2.75, 3.05) is 18.9 Å². The molecule has 2 N–H and O–H groups in total. The predicted molar refractivity (Wildman–Crippen MR) is 86.2 cm³/mol. The molecule has 2 aromatic rings. The molecule has 0 heterocycles. The second-order valence-electron chi connectivity index (χ2n) is 4.42. The molecule has 0 unspecified atom stereocenters. The first-order valence-electron chi connectivity index (χ1n) is 7.13. The minimum Gasteiger partial charge on any atom is -0.494 e. The quantitative estimate of drug-likeness (QED) is 0.506. The molecule has 0 amide bonds. The number of anilines is 1. The van der Waals surface area contributed by atoms with Crippen LogP contribution in [0.15, 0.2) is 36.4 Å². The lowest BCUT2D eigenvalue weighted by Crippen LogP contribution is -1.95. The fourth-order valence-electron chi connectivity index (χ4n) is 1.67. The van der Waals surface area contributed by atoms with Crippen molar-refractivity contribution >= 4 is 11.4 Å². The number of halogens is 2. The van der Waals surface area contributed by atoms with E-state index in [1.165, 1.54) is 18.2 Å². The van der Waals surface area contributed by atoms with Gasteiger partial charge in [0.2, 0.25) is 5.82 Å². The Bertz CT molecular complexity index is 696. The van der Waals surface area contributed by atoms with Crippen LogP contribution in [0.25, 0.3) is 0 Å². The molecule has 2 aromatic carbocycles. The molecule has 0 aromatic heterocycles. The molecule has 0 aliphatic rings. The van der Waals surface area contributed by atoms with Crippen LogP contribution in [-0.2, 0) is 0 Å². The fourth-order valence-corrected chi connectivity index (χ4v) is 1.67. The van der Waals surface area contributed by atoms with Gasteiger partial charge in [-0.3, -0.25) is 10.1 Å². The molecule has 2 rings (SSSR count). The van der Waals surface area contributed by atoms with Crippen LogP contribution in [0.2, 0.25) is 0 Å². The van der Waals surface area contributed by atoms with Gasteiger partial charge < -0.3 is 15.2 Å². The van der Waals surface area contributed by atoms with Crippen molar-refractivity contribution < 1.29 is 23.2 Å². The molecule has 0 bridgehead atoms. The number of nitro benzene ring substituents is 1. The Labute approximate surface area is 138 Å². The summed E-state index contributed by atoms with van der Waals surface area (Å²) in [6.07, 6.45) is 0. The third-order valence-electron chi connectivity index (χ3n) is 2.70. The normalized spacial score (nSPS) is 9.67. The highest BCUT2D eigenvalue weighted by Crippen LogP contribution is 2.23. The zero-order valence-electron chi connectivity index (χ0n) is 13.3. The van der Waals surface area contributed by atoms with Crippen LogP contribution >= 0.6 is 0 Å². The lowest BCUT2D eigenvalue weighted by Gasteiger charge is -2.03. The monoisotopic (exact) mass is 340 g/mol. The molecular weight excluding hydrogens is 322 g/mol. The Morgan fingerprint density at radius 3 is 1.96 bits per heavy atom. The van der Waals surface area contributed by atoms with Gasteiger partial charge in [0.25, 0.3) is 0 Å². The summed E-state index contributed by atoms with van der Waals surface area (Å²) in [7, 11) is 0. The summed E-state index contributed by atoms with van der Waals surface area (Å²) in [5, 5.41) is 10.3. The minimum absolute atomic E-state index is 0.121. The number of nitrogens with two attached hydrogens (primary N) is 1. The van der Waals surface area contributed by atoms with Gasteiger partial charge in [0, 0.05) is 6.07 Å². The van der Waals surface area contributed by atoms with Gasteiger partial charge in [0.05, 0.1) is 29.9 Å². The molecule has 0 aliphatic carbocycles. The van der Waals surface area contributed by atoms with Gasteiger partial charge in [-0.2, -0.15) is 4.39 Å². The first-order valence-corrected chi connectivity index (χ1v) is 7.13. The first-order chi connectivity index (χ1) is 11.4. The fraction of sp³-hybridized carbons (Fsp3) is 0.250. The molecule has 0 fully saturated rings. The van der Waals surface area contributed by atoms with E-state index in [9.17, 15) is 18.9 Å². The maximum absolute atomic E-state index is 12.8. The van der Waals surface area contributed by atoms with Crippen molar-refractivity contribution in [3.8, 4) is 11.5 Å². The smallest absolute Gasteiger partial charge is 0.308 e. The number of rotatable bonds is 5. The highest BCUT2D eigenvalue weighted by Gasteiger charge is 2.14. The van der Waals surface area contributed by atoms with E-state index in [2.05, 4.69) is 0 Å². The number of benzene rings is 2. The lowest BCUT2D eigenvalue weighted by atomic mass is 10.3. The number of hydrogen-bond donors (Lipinski definition) is 1. The van der Waals surface area contributed by atoms with Crippen molar-refractivity contribution in [1.29, 1.82) is 0 Å². The molecule has 0 aliphatic heterocycles. The van der Waals surface area contributed by atoms with E-state index >= 15 is 0 Å². The zero-order valence-corrected chi connectivity index (χ0v) is 13.3. The molecule has 6 nitrogen and oxygen atoms in total. The highest BCUT2D eigenvalue weighted by molar-refractivity contribution is 5.45. The largest absolute Gasteiger partial charge is 0.494 e. The third kappa shape index (κ3) is 5.71. The molecule has 0 saturated heterocycles. The molecule has 24 heavy (non-hydrogen) atoms. The van der Waals surface area contributed by atoms with Crippen LogP contribution in [0.5, 0.6) is 11.5 Å². The van der Waals surface area contributed by atoms with Gasteiger partial charge >= 0.3 is 5.69 Å². The second kappa shape index (κ2) is 9.29. The highest BCUT2D eigenvalue weighted by atomic mass is 19.1. The van der Waals surface area contributed by atoms with Crippen molar-refractivity contribution in [2.45, 2.75) is 13.8 Å². The molecular formula is C16H18F2N2O4. The van der Waals surface area contributed by atoms with Crippen LogP contribution in [0.3, 0.4) is 0 Å². The Balaban J connectivity index is 0.000000243.